The van der Waals surface area contributed by atoms with Crippen molar-refractivity contribution in [1.29, 1.82) is 0 Å². The summed E-state index contributed by atoms with van der Waals surface area (Å²) in [5.74, 6) is -0.823. The second-order valence-corrected chi connectivity index (χ2v) is 12.6. The summed E-state index contributed by atoms with van der Waals surface area (Å²) in [5, 5.41) is 3.58. The molecule has 0 bridgehead atoms. The Bertz CT molecular complexity index is 1590. The highest BCUT2D eigenvalue weighted by Crippen LogP contribution is 2.25. The molecule has 0 aliphatic carbocycles. The van der Waals surface area contributed by atoms with E-state index in [1.165, 1.54) is 17.0 Å². The average molecular weight is 618 g/mol. The van der Waals surface area contributed by atoms with Crippen LogP contribution in [0.5, 0.6) is 0 Å². The summed E-state index contributed by atoms with van der Waals surface area (Å²) in [5.41, 5.74) is 1.97. The number of amides is 2. The number of hydrogen-bond donors (Lipinski definition) is 1. The number of anilines is 1. The second kappa shape index (κ2) is 14.8. The van der Waals surface area contributed by atoms with Crippen molar-refractivity contribution < 1.29 is 18.0 Å². The second-order valence-electron chi connectivity index (χ2n) is 10.3. The highest BCUT2D eigenvalue weighted by Gasteiger charge is 2.34. The Kier molecular flexibility index (Phi) is 11.0. The van der Waals surface area contributed by atoms with Gasteiger partial charge in [-0.1, -0.05) is 97.4 Å². The molecule has 0 fully saturated rings. The molecule has 4 aromatic rings. The van der Waals surface area contributed by atoms with Crippen LogP contribution in [0.2, 0.25) is 5.02 Å². The van der Waals surface area contributed by atoms with Gasteiger partial charge in [0.1, 0.15) is 12.6 Å². The standard InChI is InChI=1S/C34H36ClN3O4S/c1-3-26(2)36-34(40)32(23-27-13-7-4-8-14-27)37(24-28-19-21-29(35)22-20-28)33(39)25-38(30-15-9-5-10-16-30)43(41,42)31-17-11-6-12-18-31/h4-22,26,32H,3,23-25H2,1-2H3,(H,36,40)/t26-,32+/m0/s1. The minimum atomic E-state index is -4.12. The van der Waals surface area contributed by atoms with Crippen molar-refractivity contribution in [2.75, 3.05) is 10.8 Å². The predicted octanol–water partition coefficient (Wildman–Crippen LogP) is 6.09. The van der Waals surface area contributed by atoms with Crippen molar-refractivity contribution in [1.82, 2.24) is 10.2 Å². The molecule has 1 N–H and O–H groups in total. The quantitative estimate of drug-likeness (QED) is 0.197. The molecule has 0 aliphatic rings. The van der Waals surface area contributed by atoms with Crippen LogP contribution in [0, 0.1) is 0 Å². The molecular weight excluding hydrogens is 582 g/mol. The van der Waals surface area contributed by atoms with Gasteiger partial charge in [0.15, 0.2) is 0 Å². The normalized spacial score (nSPS) is 12.6. The Morgan fingerprint density at radius 1 is 0.791 bits per heavy atom. The number of carbonyl (C=O) groups is 2. The van der Waals surface area contributed by atoms with Crippen LogP contribution in [-0.2, 0) is 32.6 Å². The zero-order valence-corrected chi connectivity index (χ0v) is 25.8. The van der Waals surface area contributed by atoms with E-state index >= 15 is 0 Å². The van der Waals surface area contributed by atoms with Gasteiger partial charge in [-0.05, 0) is 60.9 Å². The first kappa shape index (κ1) is 31.8. The summed E-state index contributed by atoms with van der Waals surface area (Å²) in [6.07, 6.45) is 0.964. The molecule has 7 nitrogen and oxygen atoms in total. The van der Waals surface area contributed by atoms with Gasteiger partial charge in [0.2, 0.25) is 11.8 Å². The SMILES string of the molecule is CC[C@H](C)NC(=O)[C@@H](Cc1ccccc1)N(Cc1ccc(Cl)cc1)C(=O)CN(c1ccccc1)S(=O)(=O)c1ccccc1. The molecule has 2 atom stereocenters. The van der Waals surface area contributed by atoms with Crippen LogP contribution in [0.25, 0.3) is 0 Å². The molecule has 9 heteroatoms. The first-order valence-corrected chi connectivity index (χ1v) is 16.0. The molecule has 0 aromatic heterocycles. The van der Waals surface area contributed by atoms with E-state index in [1.54, 1.807) is 72.8 Å². The van der Waals surface area contributed by atoms with E-state index in [0.29, 0.717) is 17.1 Å². The highest BCUT2D eigenvalue weighted by molar-refractivity contribution is 7.92. The van der Waals surface area contributed by atoms with Crippen molar-refractivity contribution >= 4 is 39.1 Å². The number of nitrogens with zero attached hydrogens (tertiary/aromatic N) is 2. The molecule has 0 radical (unpaired) electrons. The van der Waals surface area contributed by atoms with Gasteiger partial charge in [-0.15, -0.1) is 0 Å². The van der Waals surface area contributed by atoms with Gasteiger partial charge in [0, 0.05) is 24.0 Å². The van der Waals surface area contributed by atoms with E-state index in [2.05, 4.69) is 5.32 Å². The number of hydrogen-bond acceptors (Lipinski definition) is 4. The van der Waals surface area contributed by atoms with E-state index in [0.717, 1.165) is 15.4 Å². The number of para-hydroxylation sites is 1. The Morgan fingerprint density at radius 3 is 1.93 bits per heavy atom. The molecule has 0 unspecified atom stereocenters. The van der Waals surface area contributed by atoms with Gasteiger partial charge in [0.25, 0.3) is 10.0 Å². The molecule has 0 aliphatic heterocycles. The Labute approximate surface area is 259 Å². The Balaban J connectivity index is 1.78. The lowest BCUT2D eigenvalue weighted by molar-refractivity contribution is -0.140. The van der Waals surface area contributed by atoms with Gasteiger partial charge in [0.05, 0.1) is 10.6 Å². The minimum absolute atomic E-state index is 0.0613. The number of carbonyl (C=O) groups excluding carboxylic acids is 2. The van der Waals surface area contributed by atoms with Crippen LogP contribution in [0.15, 0.2) is 120 Å². The van der Waals surface area contributed by atoms with Gasteiger partial charge >= 0.3 is 0 Å². The lowest BCUT2D eigenvalue weighted by Gasteiger charge is -2.34. The number of benzene rings is 4. The highest BCUT2D eigenvalue weighted by atomic mass is 35.5. The third-order valence-electron chi connectivity index (χ3n) is 7.19. The summed E-state index contributed by atoms with van der Waals surface area (Å²) >= 11 is 6.13. The molecule has 43 heavy (non-hydrogen) atoms. The number of nitrogens with one attached hydrogen (secondary N) is 1. The Hall–Kier alpha value is -4.14. The monoisotopic (exact) mass is 617 g/mol. The Morgan fingerprint density at radius 2 is 1.35 bits per heavy atom. The van der Waals surface area contributed by atoms with Crippen molar-refractivity contribution in [2.24, 2.45) is 0 Å². The molecule has 2 amide bonds. The van der Waals surface area contributed by atoms with Crippen molar-refractivity contribution in [3.63, 3.8) is 0 Å². The molecule has 0 saturated carbocycles. The third kappa shape index (κ3) is 8.46. The maximum Gasteiger partial charge on any atom is 0.264 e. The van der Waals surface area contributed by atoms with Crippen molar-refractivity contribution in [3.05, 3.63) is 131 Å². The summed E-state index contributed by atoms with van der Waals surface area (Å²) in [6.45, 7) is 3.46. The number of rotatable bonds is 13. The zero-order chi connectivity index (χ0) is 30.8. The van der Waals surface area contributed by atoms with Gasteiger partial charge in [-0.2, -0.15) is 0 Å². The van der Waals surface area contributed by atoms with Crippen molar-refractivity contribution in [2.45, 2.75) is 50.2 Å². The van der Waals surface area contributed by atoms with Crippen LogP contribution < -0.4 is 9.62 Å². The van der Waals surface area contributed by atoms with E-state index in [4.69, 9.17) is 11.6 Å². The van der Waals surface area contributed by atoms with E-state index in [9.17, 15) is 18.0 Å². The number of sulfonamides is 1. The van der Waals surface area contributed by atoms with Crippen LogP contribution in [0.1, 0.15) is 31.4 Å². The average Bonchev–Trinajstić information content (AvgIpc) is 3.03. The first-order valence-electron chi connectivity index (χ1n) is 14.2. The third-order valence-corrected chi connectivity index (χ3v) is 9.23. The molecule has 0 heterocycles. The van der Waals surface area contributed by atoms with Crippen LogP contribution in [-0.4, -0.2) is 43.8 Å². The maximum absolute atomic E-state index is 14.4. The molecule has 224 valence electrons. The van der Waals surface area contributed by atoms with Crippen LogP contribution >= 0.6 is 11.6 Å². The maximum atomic E-state index is 14.4. The largest absolute Gasteiger partial charge is 0.352 e. The van der Waals surface area contributed by atoms with E-state index in [1.807, 2.05) is 44.2 Å². The van der Waals surface area contributed by atoms with Gasteiger partial charge in [-0.25, -0.2) is 8.42 Å². The first-order chi connectivity index (χ1) is 20.7. The summed E-state index contributed by atoms with van der Waals surface area (Å²) < 4.78 is 29.0. The predicted molar refractivity (Wildman–Crippen MR) is 171 cm³/mol. The van der Waals surface area contributed by atoms with Crippen molar-refractivity contribution in [3.8, 4) is 0 Å². The van der Waals surface area contributed by atoms with Gasteiger partial charge < -0.3 is 10.2 Å². The summed E-state index contributed by atoms with van der Waals surface area (Å²) in [7, 11) is -4.12. The zero-order valence-electron chi connectivity index (χ0n) is 24.3. The minimum Gasteiger partial charge on any atom is -0.352 e. The lowest BCUT2D eigenvalue weighted by atomic mass is 10.0. The van der Waals surface area contributed by atoms with Crippen LogP contribution in [0.4, 0.5) is 5.69 Å². The molecule has 4 aromatic carbocycles. The fourth-order valence-corrected chi connectivity index (χ4v) is 6.19. The fraction of sp³-hybridized carbons (Fsp3) is 0.235. The summed E-state index contributed by atoms with van der Waals surface area (Å²) in [6, 6.07) is 32.0. The summed E-state index contributed by atoms with van der Waals surface area (Å²) in [4.78, 5) is 29.7. The smallest absolute Gasteiger partial charge is 0.264 e. The fourth-order valence-electron chi connectivity index (χ4n) is 4.62. The molecular formula is C34H36ClN3O4S. The molecule has 4 rings (SSSR count). The molecule has 0 saturated heterocycles. The molecule has 0 spiro atoms. The number of halogens is 1. The van der Waals surface area contributed by atoms with Crippen LogP contribution in [0.3, 0.4) is 0 Å². The van der Waals surface area contributed by atoms with E-state index < -0.39 is 28.5 Å². The topological polar surface area (TPSA) is 86.8 Å². The lowest BCUT2D eigenvalue weighted by Crippen LogP contribution is -2.54. The van der Waals surface area contributed by atoms with Gasteiger partial charge in [-0.3, -0.25) is 13.9 Å². The van der Waals surface area contributed by atoms with E-state index in [-0.39, 0.29) is 29.8 Å².